The third kappa shape index (κ3) is 9.59. The fraction of sp³-hybridized carbons (Fsp3) is 0.441. The Hall–Kier alpha value is -3.80. The van der Waals surface area contributed by atoms with Crippen molar-refractivity contribution in [3.8, 4) is 23.0 Å². The van der Waals surface area contributed by atoms with Crippen LogP contribution < -0.4 is 18.9 Å². The number of esters is 1. The van der Waals surface area contributed by atoms with Gasteiger partial charge in [0.25, 0.3) is 0 Å². The van der Waals surface area contributed by atoms with Crippen LogP contribution in [0.3, 0.4) is 0 Å². The van der Waals surface area contributed by atoms with Crippen LogP contribution in [0.5, 0.6) is 23.0 Å². The highest BCUT2D eigenvalue weighted by Crippen LogP contribution is 2.43. The van der Waals surface area contributed by atoms with E-state index >= 15 is 0 Å². The number of nitrogens with zero attached hydrogens (tertiary/aromatic N) is 1. The smallest absolute Gasteiger partial charge is 0.312 e. The number of fused-ring (bicyclic) bond motifs is 1. The third-order valence-corrected chi connectivity index (χ3v) is 8.65. The van der Waals surface area contributed by atoms with E-state index in [4.69, 9.17) is 23.7 Å². The van der Waals surface area contributed by atoms with Gasteiger partial charge in [-0.3, -0.25) is 4.79 Å². The summed E-state index contributed by atoms with van der Waals surface area (Å²) in [6.07, 6.45) is 2.02. The van der Waals surface area contributed by atoms with E-state index in [0.717, 1.165) is 35.2 Å². The largest absolute Gasteiger partial charge is 0.744 e. The lowest BCUT2D eigenvalue weighted by Gasteiger charge is -2.46. The van der Waals surface area contributed by atoms with Gasteiger partial charge in [0, 0.05) is 18.4 Å². The molecule has 1 aliphatic rings. The normalized spacial score (nSPS) is 17.7. The minimum Gasteiger partial charge on any atom is -0.744 e. The van der Waals surface area contributed by atoms with Crippen molar-refractivity contribution in [1.82, 2.24) is 0 Å². The standard InChI is InChI=1S/C28H40NO6.C6H6O3S/c1-28(2,3)35-27(30)12-14-29(4)13-11-20-17-25(33-7)26(34-8)18-21(20)22(29)15-19-9-10-23(31-5)24(16-19)32-6;7-10(8,9)6-4-2-1-3-5-6/h9-10,16-18,22H,11-15H2,1-8H3;1-5H,(H,7,8,9)/q+1;/p-1. The molecule has 3 aromatic carbocycles. The number of carbonyl (C=O) groups excluding carboxylic acids is 1. The molecule has 3 aromatic rings. The van der Waals surface area contributed by atoms with Crippen LogP contribution in [0, 0.1) is 0 Å². The summed E-state index contributed by atoms with van der Waals surface area (Å²) in [5.41, 5.74) is 3.11. The first-order chi connectivity index (χ1) is 21.1. The average Bonchev–Trinajstić information content (AvgIpc) is 3.00. The topological polar surface area (TPSA) is 120 Å². The minimum absolute atomic E-state index is 0.110. The molecule has 45 heavy (non-hydrogen) atoms. The van der Waals surface area contributed by atoms with Crippen LogP contribution >= 0.6 is 0 Å². The third-order valence-electron chi connectivity index (χ3n) is 7.80. The number of hydrogen-bond acceptors (Lipinski definition) is 9. The first kappa shape index (κ1) is 35.7. The summed E-state index contributed by atoms with van der Waals surface area (Å²) in [7, 11) is 4.59. The summed E-state index contributed by atoms with van der Waals surface area (Å²) in [6, 6.07) is 17.5. The van der Waals surface area contributed by atoms with Crippen LogP contribution in [0.2, 0.25) is 0 Å². The Kier molecular flexibility index (Phi) is 11.9. The summed E-state index contributed by atoms with van der Waals surface area (Å²) in [4.78, 5) is 12.4. The van der Waals surface area contributed by atoms with Crippen LogP contribution in [-0.2, 0) is 32.5 Å². The molecular formula is C34H45NO9S. The quantitative estimate of drug-likeness (QED) is 0.164. The van der Waals surface area contributed by atoms with E-state index in [-0.39, 0.29) is 16.9 Å². The summed E-state index contributed by atoms with van der Waals surface area (Å²) in [6.45, 7) is 7.29. The van der Waals surface area contributed by atoms with E-state index in [1.165, 1.54) is 35.4 Å². The van der Waals surface area contributed by atoms with E-state index in [0.29, 0.717) is 30.2 Å². The fourth-order valence-corrected chi connectivity index (χ4v) is 5.98. The molecule has 4 rings (SSSR count). The molecule has 10 nitrogen and oxygen atoms in total. The van der Waals surface area contributed by atoms with E-state index in [1.54, 1.807) is 34.5 Å². The maximum Gasteiger partial charge on any atom is 0.312 e. The van der Waals surface area contributed by atoms with Crippen LogP contribution in [-0.4, -0.2) is 77.6 Å². The zero-order valence-electron chi connectivity index (χ0n) is 27.4. The molecule has 0 bridgehead atoms. The molecule has 2 atom stereocenters. The van der Waals surface area contributed by atoms with Gasteiger partial charge in [-0.05, 0) is 68.3 Å². The zero-order valence-corrected chi connectivity index (χ0v) is 28.2. The van der Waals surface area contributed by atoms with Crippen molar-refractivity contribution >= 4 is 16.1 Å². The van der Waals surface area contributed by atoms with Gasteiger partial charge >= 0.3 is 5.97 Å². The van der Waals surface area contributed by atoms with Gasteiger partial charge in [-0.1, -0.05) is 24.3 Å². The molecule has 0 aliphatic carbocycles. The number of hydrogen-bond donors (Lipinski definition) is 0. The molecule has 0 saturated carbocycles. The Balaban J connectivity index is 0.000000468. The molecule has 0 saturated heterocycles. The van der Waals surface area contributed by atoms with Crippen LogP contribution in [0.15, 0.2) is 65.6 Å². The van der Waals surface area contributed by atoms with Gasteiger partial charge in [0.15, 0.2) is 23.0 Å². The van der Waals surface area contributed by atoms with Crippen molar-refractivity contribution in [2.75, 3.05) is 48.6 Å². The summed E-state index contributed by atoms with van der Waals surface area (Å²) < 4.78 is 59.3. The lowest BCUT2D eigenvalue weighted by molar-refractivity contribution is -0.940. The number of rotatable bonds is 10. The Morgan fingerprint density at radius 2 is 1.44 bits per heavy atom. The summed E-state index contributed by atoms with van der Waals surface area (Å²) in [5, 5.41) is 0. The van der Waals surface area contributed by atoms with Gasteiger partial charge in [0.1, 0.15) is 21.8 Å². The average molecular weight is 644 g/mol. The number of ether oxygens (including phenoxy) is 5. The van der Waals surface area contributed by atoms with Gasteiger partial charge in [-0.15, -0.1) is 0 Å². The molecule has 0 radical (unpaired) electrons. The van der Waals surface area contributed by atoms with E-state index in [1.807, 2.05) is 32.9 Å². The number of quaternary nitrogens is 1. The predicted octanol–water partition coefficient (Wildman–Crippen LogP) is 5.33. The van der Waals surface area contributed by atoms with E-state index < -0.39 is 15.7 Å². The van der Waals surface area contributed by atoms with Crippen LogP contribution in [0.1, 0.15) is 49.9 Å². The molecule has 1 aliphatic heterocycles. The second-order valence-electron chi connectivity index (χ2n) is 12.1. The highest BCUT2D eigenvalue weighted by Gasteiger charge is 2.40. The van der Waals surface area contributed by atoms with Gasteiger partial charge in [0.2, 0.25) is 0 Å². The van der Waals surface area contributed by atoms with Crippen LogP contribution in [0.4, 0.5) is 0 Å². The van der Waals surface area contributed by atoms with Crippen molar-refractivity contribution < 1.29 is 45.9 Å². The maximum absolute atomic E-state index is 12.6. The number of methoxy groups -OCH3 is 4. The van der Waals surface area contributed by atoms with Crippen molar-refractivity contribution in [3.05, 3.63) is 77.4 Å². The Labute approximate surface area is 267 Å². The van der Waals surface area contributed by atoms with Crippen molar-refractivity contribution in [1.29, 1.82) is 0 Å². The molecular weight excluding hydrogens is 598 g/mol. The van der Waals surface area contributed by atoms with E-state index in [2.05, 4.69) is 25.2 Å². The van der Waals surface area contributed by atoms with Gasteiger partial charge in [0.05, 0.1) is 59.9 Å². The molecule has 0 fully saturated rings. The molecule has 11 heteroatoms. The Morgan fingerprint density at radius 1 is 0.867 bits per heavy atom. The molecule has 0 spiro atoms. The van der Waals surface area contributed by atoms with Gasteiger partial charge < -0.3 is 32.7 Å². The Bertz CT molecular complexity index is 1550. The number of likely N-dealkylation sites (N-methyl/N-ethyl adjacent to an activating group) is 1. The molecule has 1 heterocycles. The second-order valence-corrected chi connectivity index (χ2v) is 13.5. The van der Waals surface area contributed by atoms with Gasteiger partial charge in [-0.2, -0.15) is 0 Å². The van der Waals surface area contributed by atoms with Crippen molar-refractivity contribution in [3.63, 3.8) is 0 Å². The lowest BCUT2D eigenvalue weighted by Crippen LogP contribution is -2.53. The molecule has 0 amide bonds. The SMILES string of the molecule is COc1ccc(CC2c3cc(OC)c(OC)cc3CC[N+]2(C)CCC(=O)OC(C)(C)C)cc1OC.O=S(=O)([O-])c1ccccc1. The monoisotopic (exact) mass is 643 g/mol. The highest BCUT2D eigenvalue weighted by atomic mass is 32.2. The molecule has 0 N–H and O–H groups in total. The molecule has 2 unspecified atom stereocenters. The zero-order chi connectivity index (χ0) is 33.4. The highest BCUT2D eigenvalue weighted by molar-refractivity contribution is 7.85. The first-order valence-corrected chi connectivity index (χ1v) is 16.1. The summed E-state index contributed by atoms with van der Waals surface area (Å²) in [5.74, 6) is 2.69. The van der Waals surface area contributed by atoms with Gasteiger partial charge in [-0.25, -0.2) is 8.42 Å². The second kappa shape index (κ2) is 15.0. The molecule has 0 aromatic heterocycles. The van der Waals surface area contributed by atoms with E-state index in [9.17, 15) is 17.8 Å². The molecule has 246 valence electrons. The Morgan fingerprint density at radius 3 is 1.98 bits per heavy atom. The van der Waals surface area contributed by atoms with Crippen molar-refractivity contribution in [2.45, 2.75) is 56.6 Å². The lowest BCUT2D eigenvalue weighted by atomic mass is 9.86. The first-order valence-electron chi connectivity index (χ1n) is 14.7. The van der Waals surface area contributed by atoms with Crippen molar-refractivity contribution in [2.24, 2.45) is 0 Å². The minimum atomic E-state index is -4.25. The summed E-state index contributed by atoms with van der Waals surface area (Å²) >= 11 is 0. The number of carbonyl (C=O) groups is 1. The van der Waals surface area contributed by atoms with Crippen LogP contribution in [0.25, 0.3) is 0 Å². The fourth-order valence-electron chi connectivity index (χ4n) is 5.49. The number of benzene rings is 3. The maximum atomic E-state index is 12.6. The predicted molar refractivity (Wildman–Crippen MR) is 170 cm³/mol.